The summed E-state index contributed by atoms with van der Waals surface area (Å²) in [7, 11) is 0. The minimum atomic E-state index is -0.722. The summed E-state index contributed by atoms with van der Waals surface area (Å²) in [4.78, 5) is 15.6. The monoisotopic (exact) mass is 396 g/mol. The summed E-state index contributed by atoms with van der Waals surface area (Å²) in [5.74, 6) is -0.492. The molecule has 1 unspecified atom stereocenters. The molecular weight excluding hydrogens is 371 g/mol. The average molecular weight is 396 g/mol. The number of nitrogens with one attached hydrogen (secondary N) is 1. The first-order chi connectivity index (χ1) is 13.8. The van der Waals surface area contributed by atoms with E-state index in [9.17, 15) is 14.3 Å². The quantitative estimate of drug-likeness (QED) is 0.824. The Hall–Kier alpha value is -2.47. The molecule has 29 heavy (non-hydrogen) atoms. The van der Waals surface area contributed by atoms with Gasteiger partial charge in [0.25, 0.3) is 0 Å². The number of nitrogens with zero attached hydrogens (tertiary/aromatic N) is 1. The molecule has 0 spiro atoms. The van der Waals surface area contributed by atoms with Crippen LogP contribution in [0.4, 0.5) is 4.39 Å². The number of pyridine rings is 1. The zero-order chi connectivity index (χ0) is 20.5. The molecule has 152 valence electrons. The van der Waals surface area contributed by atoms with Crippen LogP contribution < -0.4 is 10.1 Å². The molecule has 1 aromatic heterocycles. The van der Waals surface area contributed by atoms with Gasteiger partial charge in [0.05, 0.1) is 5.92 Å². The van der Waals surface area contributed by atoms with E-state index in [1.165, 1.54) is 0 Å². The van der Waals surface area contributed by atoms with Crippen molar-refractivity contribution in [1.29, 1.82) is 0 Å². The highest BCUT2D eigenvalue weighted by molar-refractivity contribution is 5.77. The Kier molecular flexibility index (Phi) is 4.01. The van der Waals surface area contributed by atoms with Gasteiger partial charge in [-0.15, -0.1) is 0 Å². The number of benzene rings is 1. The smallest absolute Gasteiger partial charge is 0.307 e. The summed E-state index contributed by atoms with van der Waals surface area (Å²) in [6, 6.07) is 5.61. The van der Waals surface area contributed by atoms with E-state index in [0.29, 0.717) is 11.4 Å². The summed E-state index contributed by atoms with van der Waals surface area (Å²) in [6.45, 7) is 7.26. The molecule has 2 aliphatic carbocycles. The van der Waals surface area contributed by atoms with Crippen LogP contribution >= 0.6 is 0 Å². The third-order valence-corrected chi connectivity index (χ3v) is 6.91. The number of hydrogen-bond acceptors (Lipinski definition) is 4. The average Bonchev–Trinajstić information content (AvgIpc) is 3.27. The molecule has 2 heterocycles. The van der Waals surface area contributed by atoms with Crippen LogP contribution in [0.3, 0.4) is 0 Å². The molecule has 0 saturated heterocycles. The summed E-state index contributed by atoms with van der Waals surface area (Å²) in [5, 5.41) is 12.7. The van der Waals surface area contributed by atoms with E-state index in [1.807, 2.05) is 12.1 Å². The van der Waals surface area contributed by atoms with Crippen molar-refractivity contribution >= 4 is 5.97 Å². The van der Waals surface area contributed by atoms with Crippen molar-refractivity contribution in [3.63, 3.8) is 0 Å². The lowest BCUT2D eigenvalue weighted by atomic mass is 9.76. The van der Waals surface area contributed by atoms with E-state index in [4.69, 9.17) is 4.74 Å². The normalized spacial score (nSPS) is 28.3. The number of aliphatic carboxylic acids is 1. The molecular formula is C23H25FN2O3. The Bertz CT molecular complexity index is 1020. The van der Waals surface area contributed by atoms with Gasteiger partial charge in [0, 0.05) is 41.7 Å². The van der Waals surface area contributed by atoms with Crippen molar-refractivity contribution in [3.05, 3.63) is 58.0 Å². The van der Waals surface area contributed by atoms with Gasteiger partial charge in [0.2, 0.25) is 5.88 Å². The molecule has 5 nitrogen and oxygen atoms in total. The number of aromatic nitrogens is 1. The molecule has 5 rings (SSSR count). The Morgan fingerprint density at radius 3 is 2.90 bits per heavy atom. The second-order valence-corrected chi connectivity index (χ2v) is 9.29. The van der Waals surface area contributed by atoms with Crippen LogP contribution in [-0.4, -0.2) is 22.6 Å². The van der Waals surface area contributed by atoms with Crippen LogP contribution in [0.2, 0.25) is 0 Å². The van der Waals surface area contributed by atoms with Crippen LogP contribution in [0.15, 0.2) is 24.4 Å². The van der Waals surface area contributed by atoms with E-state index >= 15 is 0 Å². The predicted octanol–water partition coefficient (Wildman–Crippen LogP) is 3.71. The molecule has 1 aliphatic heterocycles. The van der Waals surface area contributed by atoms with E-state index in [-0.39, 0.29) is 41.6 Å². The molecule has 3 aliphatic rings. The van der Waals surface area contributed by atoms with Crippen molar-refractivity contribution < 1.29 is 19.0 Å². The van der Waals surface area contributed by atoms with Gasteiger partial charge in [0.15, 0.2) is 0 Å². The van der Waals surface area contributed by atoms with Crippen molar-refractivity contribution in [2.24, 2.45) is 11.8 Å². The fourth-order valence-electron chi connectivity index (χ4n) is 5.14. The van der Waals surface area contributed by atoms with Crippen molar-refractivity contribution in [3.8, 4) is 5.88 Å². The number of carbonyl (C=O) groups is 1. The van der Waals surface area contributed by atoms with Crippen molar-refractivity contribution in [1.82, 2.24) is 10.3 Å². The van der Waals surface area contributed by atoms with Crippen LogP contribution in [0.25, 0.3) is 0 Å². The van der Waals surface area contributed by atoms with Gasteiger partial charge in [-0.25, -0.2) is 9.37 Å². The largest absolute Gasteiger partial charge is 0.481 e. The maximum atomic E-state index is 14.8. The maximum absolute atomic E-state index is 14.8. The predicted molar refractivity (Wildman–Crippen MR) is 105 cm³/mol. The molecule has 1 fully saturated rings. The van der Waals surface area contributed by atoms with Gasteiger partial charge < -0.3 is 15.2 Å². The topological polar surface area (TPSA) is 71.5 Å². The first-order valence-corrected chi connectivity index (χ1v) is 10.2. The molecule has 0 radical (unpaired) electrons. The number of ether oxygens (including phenoxy) is 1. The first-order valence-electron chi connectivity index (χ1n) is 10.2. The highest BCUT2D eigenvalue weighted by Gasteiger charge is 2.59. The summed E-state index contributed by atoms with van der Waals surface area (Å²) in [6.07, 6.45) is 2.48. The second-order valence-electron chi connectivity index (χ2n) is 9.29. The molecule has 2 aromatic rings. The molecule has 6 heteroatoms. The lowest BCUT2D eigenvalue weighted by Crippen LogP contribution is -2.41. The van der Waals surface area contributed by atoms with Gasteiger partial charge in [-0.05, 0) is 53.6 Å². The third-order valence-electron chi connectivity index (χ3n) is 6.91. The van der Waals surface area contributed by atoms with Gasteiger partial charge in [-0.2, -0.15) is 0 Å². The molecule has 1 aromatic carbocycles. The highest BCUT2D eigenvalue weighted by Crippen LogP contribution is 2.61. The minimum Gasteiger partial charge on any atom is -0.481 e. The summed E-state index contributed by atoms with van der Waals surface area (Å²) >= 11 is 0. The summed E-state index contributed by atoms with van der Waals surface area (Å²) < 4.78 is 20.6. The number of hydrogen-bond donors (Lipinski definition) is 2. The van der Waals surface area contributed by atoms with Gasteiger partial charge in [-0.3, -0.25) is 4.79 Å². The summed E-state index contributed by atoms with van der Waals surface area (Å²) in [5.41, 5.74) is 4.70. The van der Waals surface area contributed by atoms with E-state index in [2.05, 4.69) is 31.1 Å². The Balaban J connectivity index is 1.34. The number of fused-ring (bicyclic) bond motifs is 4. The second kappa shape index (κ2) is 6.26. The fourth-order valence-corrected chi connectivity index (χ4v) is 5.14. The lowest BCUT2D eigenvalue weighted by Gasteiger charge is -2.37. The van der Waals surface area contributed by atoms with Crippen molar-refractivity contribution in [2.75, 3.05) is 6.54 Å². The van der Waals surface area contributed by atoms with Crippen LogP contribution in [0.5, 0.6) is 5.88 Å². The highest BCUT2D eigenvalue weighted by atomic mass is 19.1. The van der Waals surface area contributed by atoms with E-state index in [1.54, 1.807) is 12.3 Å². The zero-order valence-corrected chi connectivity index (χ0v) is 16.8. The van der Waals surface area contributed by atoms with Gasteiger partial charge in [0.1, 0.15) is 12.4 Å². The maximum Gasteiger partial charge on any atom is 0.307 e. The van der Waals surface area contributed by atoms with E-state index in [0.717, 1.165) is 35.2 Å². The number of rotatable bonds is 4. The Morgan fingerprint density at radius 1 is 1.34 bits per heavy atom. The number of carboxylic acid groups (broad SMARTS) is 1. The van der Waals surface area contributed by atoms with Crippen LogP contribution in [0, 0.1) is 17.7 Å². The van der Waals surface area contributed by atoms with Crippen LogP contribution in [0.1, 0.15) is 60.5 Å². The standard InChI is InChI=1S/C23H25FN2O3/c1-11-14-5-13(18(24)7-17(14)23(2,3)10-26-11)9-29-19-6-12-4-15-20(16(12)8-25-19)21(15)22(27)28/h5-8,11,15,20-21,26H,4,9-10H2,1-3H3,(H,27,28)/t11?,15-,20-,21+/m1/s1. The number of carboxylic acids is 1. The number of halogens is 1. The zero-order valence-electron chi connectivity index (χ0n) is 16.8. The van der Waals surface area contributed by atoms with Gasteiger partial charge in [-0.1, -0.05) is 13.8 Å². The third kappa shape index (κ3) is 2.92. The minimum absolute atomic E-state index is 0.0967. The SMILES string of the molecule is CC1NCC(C)(C)c2cc(F)c(COc3cc4c(cn3)[C@H]3[C@@H](C4)[C@@H]3C(=O)O)cc21. The molecule has 4 atom stereocenters. The fraction of sp³-hybridized carbons (Fsp3) is 0.478. The van der Waals surface area contributed by atoms with Crippen LogP contribution in [-0.2, 0) is 23.2 Å². The molecule has 0 amide bonds. The lowest BCUT2D eigenvalue weighted by molar-refractivity contribution is -0.139. The molecule has 2 N–H and O–H groups in total. The molecule has 1 saturated carbocycles. The Morgan fingerprint density at radius 2 is 2.14 bits per heavy atom. The Labute approximate surface area is 169 Å². The van der Waals surface area contributed by atoms with Gasteiger partial charge >= 0.3 is 5.97 Å². The molecule has 0 bridgehead atoms. The van der Waals surface area contributed by atoms with Crippen molar-refractivity contribution in [2.45, 2.75) is 51.2 Å². The van der Waals surface area contributed by atoms with E-state index < -0.39 is 5.97 Å². The first kappa shape index (κ1) is 18.6.